The van der Waals surface area contributed by atoms with E-state index in [-0.39, 0.29) is 5.91 Å². The van der Waals surface area contributed by atoms with Crippen LogP contribution in [-0.4, -0.2) is 19.0 Å². The van der Waals surface area contributed by atoms with Crippen LogP contribution in [0.25, 0.3) is 0 Å². The Balaban J connectivity index is 2.92. The maximum Gasteiger partial charge on any atom is 0.308 e. The van der Waals surface area contributed by atoms with Crippen LogP contribution in [0.1, 0.15) is 77.6 Å². The molecule has 0 rings (SSSR count). The van der Waals surface area contributed by atoms with Gasteiger partial charge in [-0.25, -0.2) is 4.79 Å². The van der Waals surface area contributed by atoms with Gasteiger partial charge in [-0.1, -0.05) is 51.9 Å². The Morgan fingerprint density at radius 2 is 1.33 bits per heavy atom. The van der Waals surface area contributed by atoms with E-state index in [1.54, 1.807) is 0 Å². The van der Waals surface area contributed by atoms with Gasteiger partial charge in [0.25, 0.3) is 0 Å². The van der Waals surface area contributed by atoms with Crippen LogP contribution in [-0.2, 0) is 4.79 Å². The molecule has 108 valence electrons. The van der Waals surface area contributed by atoms with Crippen molar-refractivity contribution in [1.29, 1.82) is 0 Å². The van der Waals surface area contributed by atoms with Crippen molar-refractivity contribution >= 4 is 5.91 Å². The maximum atomic E-state index is 10.6. The second kappa shape index (κ2) is 14.7. The highest BCUT2D eigenvalue weighted by atomic mass is 16.1. The first-order valence-electron chi connectivity index (χ1n) is 7.83. The predicted octanol–water partition coefficient (Wildman–Crippen LogP) is 2.66. The Kier molecular flexibility index (Phi) is 14.3. The van der Waals surface area contributed by atoms with Gasteiger partial charge < -0.3 is 5.32 Å². The molecule has 0 aromatic carbocycles. The number of carbonyl (C=O) groups is 1. The van der Waals surface area contributed by atoms with E-state index >= 15 is 0 Å². The normalized spacial score (nSPS) is 10.8. The monoisotopic (exact) mass is 257 g/mol. The van der Waals surface area contributed by atoms with Crippen LogP contribution in [0.4, 0.5) is 0 Å². The van der Waals surface area contributed by atoms with Crippen LogP contribution in [0.3, 0.4) is 0 Å². The lowest BCUT2D eigenvalue weighted by Crippen LogP contribution is -2.56. The highest BCUT2D eigenvalue weighted by Gasteiger charge is 1.97. The number of rotatable bonds is 14. The van der Waals surface area contributed by atoms with E-state index in [0.29, 0.717) is 6.42 Å². The van der Waals surface area contributed by atoms with Crippen molar-refractivity contribution in [1.82, 2.24) is 5.32 Å². The second-order valence-corrected chi connectivity index (χ2v) is 5.22. The quantitative estimate of drug-likeness (QED) is 0.470. The summed E-state index contributed by atoms with van der Waals surface area (Å²) < 4.78 is 0. The minimum atomic E-state index is 0.0895. The molecule has 18 heavy (non-hydrogen) atoms. The van der Waals surface area contributed by atoms with Crippen LogP contribution in [0.15, 0.2) is 0 Å². The molecular formula is C15H33N2O+. The van der Waals surface area contributed by atoms with Gasteiger partial charge in [-0.05, 0) is 32.4 Å². The highest BCUT2D eigenvalue weighted by molar-refractivity contribution is 5.63. The molecule has 0 bridgehead atoms. The SMILES string of the molecule is CCCNCCCCCCCCCCCC([NH3+])=O. The fraction of sp³-hybridized carbons (Fsp3) is 0.933. The molecule has 0 aromatic rings. The van der Waals surface area contributed by atoms with Crippen molar-refractivity contribution in [3.8, 4) is 0 Å². The molecule has 0 aliphatic carbocycles. The zero-order valence-electron chi connectivity index (χ0n) is 12.3. The number of quaternary nitrogens is 1. The molecule has 0 saturated carbocycles. The van der Waals surface area contributed by atoms with Crippen molar-refractivity contribution in [3.05, 3.63) is 0 Å². The molecule has 4 N–H and O–H groups in total. The molecule has 0 aliphatic rings. The average Bonchev–Trinajstić information content (AvgIpc) is 2.34. The first-order chi connectivity index (χ1) is 8.77. The molecule has 0 radical (unpaired) electrons. The summed E-state index contributed by atoms with van der Waals surface area (Å²) in [6.07, 6.45) is 13.6. The summed E-state index contributed by atoms with van der Waals surface area (Å²) in [4.78, 5) is 10.6. The summed E-state index contributed by atoms with van der Waals surface area (Å²) in [6, 6.07) is 0. The third kappa shape index (κ3) is 15.6. The van der Waals surface area contributed by atoms with E-state index in [1.165, 1.54) is 64.3 Å². The third-order valence-electron chi connectivity index (χ3n) is 3.24. The number of hydrogen-bond acceptors (Lipinski definition) is 2. The Labute approximate surface area is 113 Å². The Morgan fingerprint density at radius 3 is 1.83 bits per heavy atom. The number of carbonyl (C=O) groups excluding carboxylic acids is 1. The first-order valence-corrected chi connectivity index (χ1v) is 7.83. The lowest BCUT2D eigenvalue weighted by molar-refractivity contribution is -0.305. The van der Waals surface area contributed by atoms with Crippen LogP contribution in [0, 0.1) is 0 Å². The van der Waals surface area contributed by atoms with Crippen LogP contribution < -0.4 is 11.1 Å². The van der Waals surface area contributed by atoms with Gasteiger partial charge in [-0.2, -0.15) is 0 Å². The summed E-state index contributed by atoms with van der Waals surface area (Å²) in [5, 5.41) is 3.44. The molecule has 3 nitrogen and oxygen atoms in total. The summed E-state index contributed by atoms with van der Waals surface area (Å²) in [7, 11) is 0. The number of amides is 1. The van der Waals surface area contributed by atoms with Gasteiger partial charge in [0.05, 0.1) is 6.42 Å². The highest BCUT2D eigenvalue weighted by Crippen LogP contribution is 2.10. The third-order valence-corrected chi connectivity index (χ3v) is 3.24. The maximum absolute atomic E-state index is 10.6. The van der Waals surface area contributed by atoms with Gasteiger partial charge >= 0.3 is 5.91 Å². The second-order valence-electron chi connectivity index (χ2n) is 5.22. The molecular weight excluding hydrogens is 224 g/mol. The minimum absolute atomic E-state index is 0.0895. The van der Waals surface area contributed by atoms with Crippen molar-refractivity contribution in [2.75, 3.05) is 13.1 Å². The Morgan fingerprint density at radius 1 is 0.833 bits per heavy atom. The van der Waals surface area contributed by atoms with Gasteiger partial charge in [0.2, 0.25) is 0 Å². The zero-order chi connectivity index (χ0) is 13.5. The molecule has 0 heterocycles. The van der Waals surface area contributed by atoms with E-state index < -0.39 is 0 Å². The van der Waals surface area contributed by atoms with Crippen molar-refractivity contribution in [2.45, 2.75) is 77.6 Å². The van der Waals surface area contributed by atoms with E-state index in [0.717, 1.165) is 13.0 Å². The van der Waals surface area contributed by atoms with Crippen LogP contribution in [0.2, 0.25) is 0 Å². The molecule has 0 aromatic heterocycles. The van der Waals surface area contributed by atoms with E-state index in [1.807, 2.05) is 0 Å². The van der Waals surface area contributed by atoms with Crippen molar-refractivity contribution < 1.29 is 10.5 Å². The Bertz CT molecular complexity index is 183. The van der Waals surface area contributed by atoms with Crippen molar-refractivity contribution in [3.63, 3.8) is 0 Å². The van der Waals surface area contributed by atoms with Gasteiger partial charge in [-0.15, -0.1) is 0 Å². The Hall–Kier alpha value is -0.410. The summed E-state index contributed by atoms with van der Waals surface area (Å²) >= 11 is 0. The van der Waals surface area contributed by atoms with Crippen LogP contribution >= 0.6 is 0 Å². The number of hydrogen-bond donors (Lipinski definition) is 2. The molecule has 0 aliphatic heterocycles. The van der Waals surface area contributed by atoms with Gasteiger partial charge in [0.15, 0.2) is 0 Å². The molecule has 0 saturated heterocycles. The molecule has 0 atom stereocenters. The molecule has 0 fully saturated rings. The zero-order valence-corrected chi connectivity index (χ0v) is 12.3. The molecule has 3 heteroatoms. The lowest BCUT2D eigenvalue weighted by atomic mass is 10.1. The lowest BCUT2D eigenvalue weighted by Gasteiger charge is -2.03. The largest absolute Gasteiger partial charge is 0.317 e. The fourth-order valence-corrected chi connectivity index (χ4v) is 2.11. The van der Waals surface area contributed by atoms with E-state index in [4.69, 9.17) is 0 Å². The standard InChI is InChI=1S/C15H32N2O/c1-2-13-17-14-11-9-7-5-3-4-6-8-10-12-15(16)18/h17H,2-14H2,1H3,(H2,16,18)/p+1. The van der Waals surface area contributed by atoms with Crippen LogP contribution in [0.5, 0.6) is 0 Å². The summed E-state index contributed by atoms with van der Waals surface area (Å²) in [6.45, 7) is 4.56. The van der Waals surface area contributed by atoms with Crippen molar-refractivity contribution in [2.24, 2.45) is 0 Å². The first kappa shape index (κ1) is 17.6. The van der Waals surface area contributed by atoms with Gasteiger partial charge in [0, 0.05) is 0 Å². The topological polar surface area (TPSA) is 56.7 Å². The molecule has 0 unspecified atom stereocenters. The smallest absolute Gasteiger partial charge is 0.308 e. The van der Waals surface area contributed by atoms with E-state index in [2.05, 4.69) is 18.0 Å². The fourth-order valence-electron chi connectivity index (χ4n) is 2.11. The summed E-state index contributed by atoms with van der Waals surface area (Å²) in [5.41, 5.74) is 3.39. The summed E-state index contributed by atoms with van der Waals surface area (Å²) in [5.74, 6) is 0.0895. The number of nitrogens with one attached hydrogen (secondary N) is 1. The average molecular weight is 257 g/mol. The van der Waals surface area contributed by atoms with Gasteiger partial charge in [0.1, 0.15) is 0 Å². The molecule has 0 spiro atoms. The minimum Gasteiger partial charge on any atom is -0.317 e. The van der Waals surface area contributed by atoms with Gasteiger partial charge in [-0.3, -0.25) is 5.73 Å². The number of unbranched alkanes of at least 4 members (excludes halogenated alkanes) is 8. The predicted molar refractivity (Wildman–Crippen MR) is 77.2 cm³/mol. The van der Waals surface area contributed by atoms with E-state index in [9.17, 15) is 4.79 Å². The molecule has 1 amide bonds.